The van der Waals surface area contributed by atoms with Gasteiger partial charge in [-0.25, -0.2) is 4.79 Å². The number of carbonyl (C=O) groups is 1. The first-order valence-electron chi connectivity index (χ1n) is 5.20. The van der Waals surface area contributed by atoms with Crippen molar-refractivity contribution in [2.75, 3.05) is 19.8 Å². The fourth-order valence-corrected chi connectivity index (χ4v) is 1.93. The van der Waals surface area contributed by atoms with Crippen molar-refractivity contribution < 1.29 is 19.4 Å². The van der Waals surface area contributed by atoms with Crippen LogP contribution < -0.4 is 0 Å². The highest BCUT2D eigenvalue weighted by atomic mass is 32.1. The molecule has 4 nitrogen and oxygen atoms in total. The predicted molar refractivity (Wildman–Crippen MR) is 62.0 cm³/mol. The van der Waals surface area contributed by atoms with Gasteiger partial charge in [0.25, 0.3) is 0 Å². The van der Waals surface area contributed by atoms with E-state index in [0.717, 1.165) is 18.6 Å². The molecule has 0 aromatic carbocycles. The van der Waals surface area contributed by atoms with Crippen molar-refractivity contribution >= 4 is 17.3 Å². The Morgan fingerprint density at radius 2 is 2.12 bits per heavy atom. The second kappa shape index (κ2) is 7.38. The Hall–Kier alpha value is -0.910. The van der Waals surface area contributed by atoms with Gasteiger partial charge in [0.2, 0.25) is 0 Å². The largest absolute Gasteiger partial charge is 0.477 e. The van der Waals surface area contributed by atoms with Crippen LogP contribution in [0.3, 0.4) is 0 Å². The van der Waals surface area contributed by atoms with Crippen molar-refractivity contribution in [2.24, 2.45) is 0 Å². The topological polar surface area (TPSA) is 55.8 Å². The van der Waals surface area contributed by atoms with Gasteiger partial charge in [-0.2, -0.15) is 0 Å². The molecule has 5 heteroatoms. The van der Waals surface area contributed by atoms with Crippen molar-refractivity contribution in [3.63, 3.8) is 0 Å². The summed E-state index contributed by atoms with van der Waals surface area (Å²) in [6.07, 6.45) is 0.994. The van der Waals surface area contributed by atoms with Crippen molar-refractivity contribution in [3.05, 3.63) is 21.9 Å². The minimum absolute atomic E-state index is 0.334. The molecule has 0 fully saturated rings. The Labute approximate surface area is 98.8 Å². The summed E-state index contributed by atoms with van der Waals surface area (Å²) in [6.45, 7) is 4.17. The number of aromatic carboxylic acids is 1. The molecule has 1 aromatic heterocycles. The maximum absolute atomic E-state index is 10.8. The molecule has 0 saturated heterocycles. The first kappa shape index (κ1) is 13.2. The summed E-state index contributed by atoms with van der Waals surface area (Å²) in [4.78, 5) is 11.1. The molecule has 1 N–H and O–H groups in total. The van der Waals surface area contributed by atoms with E-state index in [9.17, 15) is 4.79 Å². The Kier molecular flexibility index (Phi) is 6.07. The maximum atomic E-state index is 10.8. The average Bonchev–Trinajstić information content (AvgIpc) is 2.71. The van der Waals surface area contributed by atoms with E-state index in [1.807, 2.05) is 6.92 Å². The van der Waals surface area contributed by atoms with Gasteiger partial charge in [0.15, 0.2) is 0 Å². The lowest BCUT2D eigenvalue weighted by molar-refractivity contribution is 0.0403. The fourth-order valence-electron chi connectivity index (χ4n) is 1.18. The lowest BCUT2D eigenvalue weighted by Gasteiger charge is -2.04. The molecule has 1 aromatic rings. The molecule has 0 bridgehead atoms. The third-order valence-electron chi connectivity index (χ3n) is 1.92. The van der Waals surface area contributed by atoms with Gasteiger partial charge in [0.05, 0.1) is 19.8 Å². The quantitative estimate of drug-likeness (QED) is 0.713. The molecule has 16 heavy (non-hydrogen) atoms. The van der Waals surface area contributed by atoms with Crippen LogP contribution in [0.5, 0.6) is 0 Å². The van der Waals surface area contributed by atoms with Crippen molar-refractivity contribution in [1.82, 2.24) is 0 Å². The molecule has 0 aliphatic heterocycles. The maximum Gasteiger partial charge on any atom is 0.346 e. The lowest BCUT2D eigenvalue weighted by atomic mass is 10.3. The van der Waals surface area contributed by atoms with Crippen LogP contribution in [0.1, 0.15) is 28.6 Å². The summed E-state index contributed by atoms with van der Waals surface area (Å²) in [6, 6.07) is 1.78. The fraction of sp³-hybridized carbons (Fsp3) is 0.545. The predicted octanol–water partition coefficient (Wildman–Crippen LogP) is 2.39. The van der Waals surface area contributed by atoms with Crippen LogP contribution in [0.2, 0.25) is 0 Å². The number of carboxylic acids is 1. The molecule has 0 unspecified atom stereocenters. The molecule has 0 atom stereocenters. The second-order valence-electron chi connectivity index (χ2n) is 3.25. The first-order chi connectivity index (χ1) is 7.75. The van der Waals surface area contributed by atoms with E-state index in [1.54, 1.807) is 11.4 Å². The number of thiophene rings is 1. The van der Waals surface area contributed by atoms with Crippen molar-refractivity contribution in [1.29, 1.82) is 0 Å². The number of carboxylic acid groups (broad SMARTS) is 1. The van der Waals surface area contributed by atoms with Crippen LogP contribution in [-0.2, 0) is 16.1 Å². The highest BCUT2D eigenvalue weighted by Gasteiger charge is 2.10. The molecule has 0 spiro atoms. The van der Waals surface area contributed by atoms with Crippen molar-refractivity contribution in [2.45, 2.75) is 20.0 Å². The summed E-state index contributed by atoms with van der Waals surface area (Å²) in [5, 5.41) is 10.6. The molecule has 0 aliphatic rings. The summed E-state index contributed by atoms with van der Waals surface area (Å²) in [5.74, 6) is -0.893. The second-order valence-corrected chi connectivity index (χ2v) is 4.16. The standard InChI is InChI=1S/C11H16O4S/c1-2-4-14-5-6-15-8-9-3-7-16-10(9)11(12)13/h3,7H,2,4-6,8H2,1H3,(H,12,13). The SMILES string of the molecule is CCCOCCOCc1ccsc1C(=O)O. The van der Waals surface area contributed by atoms with Gasteiger partial charge in [-0.3, -0.25) is 0 Å². The normalized spacial score (nSPS) is 10.6. The highest BCUT2D eigenvalue weighted by molar-refractivity contribution is 7.12. The first-order valence-corrected chi connectivity index (χ1v) is 6.08. The van der Waals surface area contributed by atoms with Crippen LogP contribution in [0.4, 0.5) is 0 Å². The minimum atomic E-state index is -0.893. The van der Waals surface area contributed by atoms with Crippen LogP contribution in [-0.4, -0.2) is 30.9 Å². The minimum Gasteiger partial charge on any atom is -0.477 e. The Morgan fingerprint density at radius 3 is 2.81 bits per heavy atom. The van der Waals surface area contributed by atoms with Gasteiger partial charge >= 0.3 is 5.97 Å². The van der Waals surface area contributed by atoms with Crippen LogP contribution >= 0.6 is 11.3 Å². The number of ether oxygens (including phenoxy) is 2. The lowest BCUT2D eigenvalue weighted by Crippen LogP contribution is -2.06. The highest BCUT2D eigenvalue weighted by Crippen LogP contribution is 2.17. The monoisotopic (exact) mass is 244 g/mol. The third-order valence-corrected chi connectivity index (χ3v) is 2.86. The molecular formula is C11H16O4S. The molecule has 1 heterocycles. The molecule has 90 valence electrons. The van der Waals surface area contributed by atoms with Crippen molar-refractivity contribution in [3.8, 4) is 0 Å². The van der Waals surface area contributed by atoms with Gasteiger partial charge in [0, 0.05) is 12.2 Å². The zero-order valence-electron chi connectivity index (χ0n) is 9.27. The number of hydrogen-bond acceptors (Lipinski definition) is 4. The summed E-state index contributed by atoms with van der Waals surface area (Å²) in [7, 11) is 0. The Morgan fingerprint density at radius 1 is 1.38 bits per heavy atom. The molecular weight excluding hydrogens is 228 g/mol. The third kappa shape index (κ3) is 4.30. The smallest absolute Gasteiger partial charge is 0.346 e. The molecule has 0 radical (unpaired) electrons. The van der Waals surface area contributed by atoms with E-state index < -0.39 is 5.97 Å². The molecule has 1 rings (SSSR count). The van der Waals surface area contributed by atoms with Gasteiger partial charge in [-0.1, -0.05) is 6.92 Å². The van der Waals surface area contributed by atoms with E-state index in [4.69, 9.17) is 14.6 Å². The van der Waals surface area contributed by atoms with E-state index in [0.29, 0.717) is 24.7 Å². The zero-order chi connectivity index (χ0) is 11.8. The van der Waals surface area contributed by atoms with E-state index in [2.05, 4.69) is 0 Å². The van der Waals surface area contributed by atoms with E-state index in [1.165, 1.54) is 11.3 Å². The number of hydrogen-bond donors (Lipinski definition) is 1. The van der Waals surface area contributed by atoms with Crippen LogP contribution in [0, 0.1) is 0 Å². The molecule has 0 amide bonds. The van der Waals surface area contributed by atoms with E-state index >= 15 is 0 Å². The number of rotatable bonds is 8. The summed E-state index contributed by atoms with van der Waals surface area (Å²) in [5.41, 5.74) is 0.730. The van der Waals surface area contributed by atoms with Crippen LogP contribution in [0.15, 0.2) is 11.4 Å². The van der Waals surface area contributed by atoms with Crippen LogP contribution in [0.25, 0.3) is 0 Å². The summed E-state index contributed by atoms with van der Waals surface area (Å²) < 4.78 is 10.6. The average molecular weight is 244 g/mol. The Bertz CT molecular complexity index is 322. The van der Waals surface area contributed by atoms with E-state index in [-0.39, 0.29) is 0 Å². The van der Waals surface area contributed by atoms with Gasteiger partial charge < -0.3 is 14.6 Å². The van der Waals surface area contributed by atoms with Gasteiger partial charge in [-0.05, 0) is 17.9 Å². The summed E-state index contributed by atoms with van der Waals surface area (Å²) >= 11 is 1.22. The van der Waals surface area contributed by atoms with Gasteiger partial charge in [-0.15, -0.1) is 11.3 Å². The van der Waals surface area contributed by atoms with Gasteiger partial charge in [0.1, 0.15) is 4.88 Å². The zero-order valence-corrected chi connectivity index (χ0v) is 10.1. The Balaban J connectivity index is 2.21. The molecule has 0 aliphatic carbocycles. The molecule has 0 saturated carbocycles.